The maximum Gasteiger partial charge on any atom is 0.157 e. The van der Waals surface area contributed by atoms with Crippen LogP contribution in [-0.4, -0.2) is 19.7 Å². The molecule has 0 saturated heterocycles. The summed E-state index contributed by atoms with van der Waals surface area (Å²) in [7, 11) is 0. The molecule has 1 aromatic carbocycles. The number of hydrogen-bond donors (Lipinski definition) is 0. The minimum absolute atomic E-state index is 0.712. The molecule has 2 heterocycles. The largest absolute Gasteiger partial charge is 0.238 e. The van der Waals surface area contributed by atoms with Crippen molar-refractivity contribution in [1.29, 1.82) is 0 Å². The van der Waals surface area contributed by atoms with E-state index in [-0.39, 0.29) is 0 Å². The number of hydrogen-bond acceptors (Lipinski definition) is 3. The van der Waals surface area contributed by atoms with Crippen LogP contribution in [0, 0.1) is 13.8 Å². The first-order chi connectivity index (χ1) is 9.61. The van der Waals surface area contributed by atoms with Crippen molar-refractivity contribution in [1.82, 2.24) is 19.7 Å². The summed E-state index contributed by atoms with van der Waals surface area (Å²) in [6.45, 7) is 3.82. The number of aromatic nitrogens is 4. The smallest absolute Gasteiger partial charge is 0.157 e. The average molecular weight is 285 g/mol. The lowest BCUT2D eigenvalue weighted by atomic mass is 10.1. The van der Waals surface area contributed by atoms with Crippen LogP contribution in [0.4, 0.5) is 0 Å². The molecule has 0 aliphatic heterocycles. The molecule has 0 saturated carbocycles. The molecular weight excluding hydrogens is 272 g/mol. The zero-order valence-electron chi connectivity index (χ0n) is 11.2. The minimum Gasteiger partial charge on any atom is -0.238 e. The van der Waals surface area contributed by atoms with Gasteiger partial charge in [0, 0.05) is 28.5 Å². The summed E-state index contributed by atoms with van der Waals surface area (Å²) in [5, 5.41) is 5.07. The van der Waals surface area contributed by atoms with Gasteiger partial charge in [0.15, 0.2) is 5.82 Å². The SMILES string of the molecule is Cc1cc(-n2cc(-c3cccc(Cl)c3)cn2)nc(C)n1. The monoisotopic (exact) mass is 284 g/mol. The molecule has 3 rings (SSSR count). The number of aryl methyl sites for hydroxylation is 2. The zero-order valence-corrected chi connectivity index (χ0v) is 12.0. The maximum absolute atomic E-state index is 6.01. The molecule has 2 aromatic heterocycles. The highest BCUT2D eigenvalue weighted by molar-refractivity contribution is 6.30. The fraction of sp³-hybridized carbons (Fsp3) is 0.133. The van der Waals surface area contributed by atoms with Crippen LogP contribution in [0.5, 0.6) is 0 Å². The standard InChI is InChI=1S/C15H13ClN4/c1-10-6-15(19-11(2)18-10)20-9-13(8-17-20)12-4-3-5-14(16)7-12/h3-9H,1-2H3. The molecule has 20 heavy (non-hydrogen) atoms. The van der Waals surface area contributed by atoms with Gasteiger partial charge in [-0.25, -0.2) is 14.6 Å². The highest BCUT2D eigenvalue weighted by Crippen LogP contribution is 2.22. The van der Waals surface area contributed by atoms with Crippen LogP contribution in [0.3, 0.4) is 0 Å². The van der Waals surface area contributed by atoms with Gasteiger partial charge < -0.3 is 0 Å². The Bertz CT molecular complexity index is 744. The van der Waals surface area contributed by atoms with Crippen molar-refractivity contribution in [3.63, 3.8) is 0 Å². The van der Waals surface area contributed by atoms with Gasteiger partial charge in [0.05, 0.1) is 6.20 Å². The van der Waals surface area contributed by atoms with E-state index in [0.717, 1.165) is 28.5 Å². The second kappa shape index (κ2) is 5.06. The van der Waals surface area contributed by atoms with Gasteiger partial charge in [0.25, 0.3) is 0 Å². The Morgan fingerprint density at radius 3 is 2.65 bits per heavy atom. The molecule has 0 fully saturated rings. The van der Waals surface area contributed by atoms with Crippen molar-refractivity contribution >= 4 is 11.6 Å². The first-order valence-electron chi connectivity index (χ1n) is 6.25. The van der Waals surface area contributed by atoms with Gasteiger partial charge in [-0.05, 0) is 31.5 Å². The van der Waals surface area contributed by atoms with Crippen molar-refractivity contribution in [2.45, 2.75) is 13.8 Å². The average Bonchev–Trinajstić information content (AvgIpc) is 2.87. The summed E-state index contributed by atoms with van der Waals surface area (Å²) in [5.41, 5.74) is 2.96. The number of halogens is 1. The third-order valence-corrected chi connectivity index (χ3v) is 3.16. The molecule has 0 unspecified atom stereocenters. The van der Waals surface area contributed by atoms with Gasteiger partial charge in [-0.3, -0.25) is 0 Å². The summed E-state index contributed by atoms with van der Waals surface area (Å²) in [6, 6.07) is 9.60. The van der Waals surface area contributed by atoms with Gasteiger partial charge in [-0.15, -0.1) is 0 Å². The van der Waals surface area contributed by atoms with E-state index in [0.29, 0.717) is 5.02 Å². The number of nitrogens with zero attached hydrogens (tertiary/aromatic N) is 4. The molecule has 0 aliphatic rings. The van der Waals surface area contributed by atoms with Crippen molar-refractivity contribution < 1.29 is 0 Å². The van der Waals surface area contributed by atoms with Gasteiger partial charge in [0.1, 0.15) is 5.82 Å². The fourth-order valence-corrected chi connectivity index (χ4v) is 2.27. The molecule has 0 spiro atoms. The van der Waals surface area contributed by atoms with Gasteiger partial charge in [0.2, 0.25) is 0 Å². The van der Waals surface area contributed by atoms with Crippen LogP contribution in [0.15, 0.2) is 42.7 Å². The van der Waals surface area contributed by atoms with Crippen LogP contribution >= 0.6 is 11.6 Å². The normalized spacial score (nSPS) is 10.8. The van der Waals surface area contributed by atoms with Crippen LogP contribution in [-0.2, 0) is 0 Å². The number of rotatable bonds is 2. The van der Waals surface area contributed by atoms with E-state index in [2.05, 4.69) is 15.1 Å². The van der Waals surface area contributed by atoms with Crippen LogP contribution in [0.25, 0.3) is 16.9 Å². The first-order valence-corrected chi connectivity index (χ1v) is 6.63. The van der Waals surface area contributed by atoms with E-state index in [1.165, 1.54) is 0 Å². The summed E-state index contributed by atoms with van der Waals surface area (Å²) < 4.78 is 1.75. The molecular formula is C15H13ClN4. The van der Waals surface area contributed by atoms with Crippen molar-refractivity contribution in [3.8, 4) is 16.9 Å². The highest BCUT2D eigenvalue weighted by atomic mass is 35.5. The minimum atomic E-state index is 0.712. The topological polar surface area (TPSA) is 43.6 Å². The second-order valence-electron chi connectivity index (χ2n) is 4.60. The highest BCUT2D eigenvalue weighted by Gasteiger charge is 2.06. The number of benzene rings is 1. The lowest BCUT2D eigenvalue weighted by molar-refractivity contribution is 0.822. The molecule has 0 radical (unpaired) electrons. The lowest BCUT2D eigenvalue weighted by Gasteiger charge is -2.02. The second-order valence-corrected chi connectivity index (χ2v) is 5.04. The van der Waals surface area contributed by atoms with Crippen LogP contribution < -0.4 is 0 Å². The molecule has 0 bridgehead atoms. The van der Waals surface area contributed by atoms with Gasteiger partial charge in [-0.2, -0.15) is 5.10 Å². The van der Waals surface area contributed by atoms with E-state index >= 15 is 0 Å². The molecule has 4 nitrogen and oxygen atoms in total. The third-order valence-electron chi connectivity index (χ3n) is 2.93. The third kappa shape index (κ3) is 2.56. The van der Waals surface area contributed by atoms with Crippen LogP contribution in [0.2, 0.25) is 5.02 Å². The summed E-state index contributed by atoms with van der Waals surface area (Å²) in [4.78, 5) is 8.66. The Kier molecular flexibility index (Phi) is 3.24. The maximum atomic E-state index is 6.01. The summed E-state index contributed by atoms with van der Waals surface area (Å²) >= 11 is 6.01. The van der Waals surface area contributed by atoms with E-state index in [1.807, 2.05) is 50.4 Å². The fourth-order valence-electron chi connectivity index (χ4n) is 2.08. The van der Waals surface area contributed by atoms with E-state index in [9.17, 15) is 0 Å². The molecule has 0 aliphatic carbocycles. The Morgan fingerprint density at radius 2 is 1.90 bits per heavy atom. The van der Waals surface area contributed by atoms with Crippen molar-refractivity contribution in [2.75, 3.05) is 0 Å². The Balaban J connectivity index is 2.02. The first kappa shape index (κ1) is 12.8. The molecule has 0 amide bonds. The summed E-state index contributed by atoms with van der Waals surface area (Å²) in [6.07, 6.45) is 3.74. The molecule has 5 heteroatoms. The summed E-state index contributed by atoms with van der Waals surface area (Å²) in [5.74, 6) is 1.50. The predicted octanol–water partition coefficient (Wildman–Crippen LogP) is 3.60. The van der Waals surface area contributed by atoms with Gasteiger partial charge >= 0.3 is 0 Å². The van der Waals surface area contributed by atoms with Gasteiger partial charge in [-0.1, -0.05) is 23.7 Å². The quantitative estimate of drug-likeness (QED) is 0.722. The zero-order chi connectivity index (χ0) is 14.1. The van der Waals surface area contributed by atoms with E-state index in [1.54, 1.807) is 10.9 Å². The Morgan fingerprint density at radius 1 is 1.05 bits per heavy atom. The Labute approximate surface area is 122 Å². The molecule has 100 valence electrons. The van der Waals surface area contributed by atoms with E-state index < -0.39 is 0 Å². The predicted molar refractivity (Wildman–Crippen MR) is 79.1 cm³/mol. The lowest BCUT2D eigenvalue weighted by Crippen LogP contribution is -2.02. The van der Waals surface area contributed by atoms with Crippen LogP contribution in [0.1, 0.15) is 11.5 Å². The van der Waals surface area contributed by atoms with Crippen molar-refractivity contribution in [3.05, 3.63) is 59.3 Å². The van der Waals surface area contributed by atoms with E-state index in [4.69, 9.17) is 11.6 Å². The Hall–Kier alpha value is -2.20. The molecule has 0 N–H and O–H groups in total. The molecule has 0 atom stereocenters. The van der Waals surface area contributed by atoms with Crippen molar-refractivity contribution in [2.24, 2.45) is 0 Å². The molecule has 3 aromatic rings.